The second-order valence-electron chi connectivity index (χ2n) is 6.40. The molecule has 2 rings (SSSR count). The highest BCUT2D eigenvalue weighted by Gasteiger charge is 2.40. The molecule has 1 fully saturated rings. The highest BCUT2D eigenvalue weighted by molar-refractivity contribution is 6.30. The number of hydrogen-bond donors (Lipinski definition) is 1. The van der Waals surface area contributed by atoms with Crippen LogP contribution in [0.1, 0.15) is 64.7 Å². The third-order valence-electron chi connectivity index (χ3n) is 4.37. The molecule has 0 aromatic carbocycles. The Morgan fingerprint density at radius 1 is 1.41 bits per heavy atom. The summed E-state index contributed by atoms with van der Waals surface area (Å²) in [5.41, 5.74) is -0.514. The molecule has 0 radical (unpaired) electrons. The minimum atomic E-state index is -0.612. The number of aliphatic hydroxyl groups is 1. The van der Waals surface area contributed by atoms with Crippen molar-refractivity contribution >= 4 is 11.6 Å². The van der Waals surface area contributed by atoms with Crippen molar-refractivity contribution in [1.29, 1.82) is 0 Å². The van der Waals surface area contributed by atoms with Crippen molar-refractivity contribution < 1.29 is 14.6 Å². The summed E-state index contributed by atoms with van der Waals surface area (Å²) in [7, 11) is 0. The maximum atomic E-state index is 9.99. The highest BCUT2D eigenvalue weighted by Crippen LogP contribution is 2.38. The van der Waals surface area contributed by atoms with Crippen molar-refractivity contribution in [1.82, 2.24) is 0 Å². The Bertz CT molecular complexity index is 388. The summed E-state index contributed by atoms with van der Waals surface area (Å²) in [6.45, 7) is 2.97. The summed E-state index contributed by atoms with van der Waals surface area (Å²) in [6, 6.07) is 0. The van der Waals surface area contributed by atoms with E-state index in [9.17, 15) is 5.11 Å². The van der Waals surface area contributed by atoms with Crippen molar-refractivity contribution in [3.63, 3.8) is 0 Å². The molecule has 1 aliphatic carbocycles. The first kappa shape index (κ1) is 18.0. The Balaban J connectivity index is 1.91. The molecule has 1 aliphatic heterocycles. The summed E-state index contributed by atoms with van der Waals surface area (Å²) in [5.74, 6) is 0. The van der Waals surface area contributed by atoms with E-state index in [1.165, 1.54) is 19.3 Å². The van der Waals surface area contributed by atoms with Gasteiger partial charge in [-0.15, -0.1) is 0 Å². The van der Waals surface area contributed by atoms with E-state index >= 15 is 0 Å². The average molecular weight is 329 g/mol. The Labute approximate surface area is 139 Å². The molecule has 0 saturated carbocycles. The van der Waals surface area contributed by atoms with Crippen LogP contribution in [0.2, 0.25) is 0 Å². The number of ether oxygens (including phenoxy) is 2. The van der Waals surface area contributed by atoms with Crippen molar-refractivity contribution in [2.24, 2.45) is 0 Å². The van der Waals surface area contributed by atoms with Crippen LogP contribution in [0.4, 0.5) is 0 Å². The van der Waals surface area contributed by atoms with Crippen LogP contribution >= 0.6 is 11.6 Å². The molecule has 1 saturated heterocycles. The summed E-state index contributed by atoms with van der Waals surface area (Å²) in [5, 5.41) is 10.5. The minimum Gasteiger partial charge on any atom is -0.387 e. The standard InChI is InChI=1S/C18H29ClO3/c1-2-3-4-5-6-8-11-18(13-15(19)16(20)14-18)22-17-10-7-9-12-21-17/h6,8,13,16-17,20H,2-5,7,9-12,14H2,1H3/b8-6-. The second kappa shape index (κ2) is 9.07. The van der Waals surface area contributed by atoms with Gasteiger partial charge in [0.2, 0.25) is 0 Å². The van der Waals surface area contributed by atoms with Crippen LogP contribution in [0.25, 0.3) is 0 Å². The zero-order chi connectivity index (χ0) is 15.8. The van der Waals surface area contributed by atoms with Crippen LogP contribution in [0.15, 0.2) is 23.3 Å². The largest absolute Gasteiger partial charge is 0.387 e. The van der Waals surface area contributed by atoms with E-state index in [0.29, 0.717) is 11.5 Å². The first-order chi connectivity index (χ1) is 10.7. The van der Waals surface area contributed by atoms with E-state index in [4.69, 9.17) is 21.1 Å². The molecule has 0 amide bonds. The lowest BCUT2D eigenvalue weighted by Gasteiger charge is -2.33. The normalized spacial score (nSPS) is 32.6. The van der Waals surface area contributed by atoms with E-state index in [0.717, 1.165) is 38.7 Å². The maximum Gasteiger partial charge on any atom is 0.158 e. The van der Waals surface area contributed by atoms with Crippen molar-refractivity contribution in [2.75, 3.05) is 6.61 Å². The fourth-order valence-corrected chi connectivity index (χ4v) is 3.36. The second-order valence-corrected chi connectivity index (χ2v) is 6.84. The van der Waals surface area contributed by atoms with Crippen molar-refractivity contribution in [2.45, 2.75) is 82.7 Å². The molecule has 0 spiro atoms. The van der Waals surface area contributed by atoms with E-state index in [2.05, 4.69) is 19.1 Å². The summed E-state index contributed by atoms with van der Waals surface area (Å²) in [4.78, 5) is 0. The van der Waals surface area contributed by atoms with Gasteiger partial charge in [-0.1, -0.05) is 43.5 Å². The molecule has 4 heteroatoms. The van der Waals surface area contributed by atoms with Crippen LogP contribution in [-0.4, -0.2) is 29.7 Å². The lowest BCUT2D eigenvalue weighted by molar-refractivity contribution is -0.212. The topological polar surface area (TPSA) is 38.7 Å². The predicted octanol–water partition coefficient (Wildman–Crippen LogP) is 4.68. The minimum absolute atomic E-state index is 0.173. The Morgan fingerprint density at radius 2 is 2.27 bits per heavy atom. The maximum absolute atomic E-state index is 9.99. The van der Waals surface area contributed by atoms with Gasteiger partial charge >= 0.3 is 0 Å². The van der Waals surface area contributed by atoms with E-state index in [1.807, 2.05) is 6.08 Å². The zero-order valence-corrected chi connectivity index (χ0v) is 14.4. The highest BCUT2D eigenvalue weighted by atomic mass is 35.5. The molecular weight excluding hydrogens is 300 g/mol. The van der Waals surface area contributed by atoms with Gasteiger partial charge in [0.1, 0.15) is 0 Å². The number of rotatable bonds is 8. The van der Waals surface area contributed by atoms with Gasteiger partial charge in [0.05, 0.1) is 11.7 Å². The van der Waals surface area contributed by atoms with Gasteiger partial charge < -0.3 is 14.6 Å². The van der Waals surface area contributed by atoms with E-state index in [-0.39, 0.29) is 6.29 Å². The Hall–Kier alpha value is -0.350. The third-order valence-corrected chi connectivity index (χ3v) is 4.73. The van der Waals surface area contributed by atoms with Crippen molar-refractivity contribution in [3.05, 3.63) is 23.3 Å². The third kappa shape index (κ3) is 5.38. The molecule has 1 heterocycles. The summed E-state index contributed by atoms with van der Waals surface area (Å²) >= 11 is 6.11. The molecule has 22 heavy (non-hydrogen) atoms. The molecule has 2 aliphatic rings. The molecule has 0 bridgehead atoms. The van der Waals surface area contributed by atoms with Crippen molar-refractivity contribution in [3.8, 4) is 0 Å². The van der Waals surface area contributed by atoms with Gasteiger partial charge in [0, 0.05) is 18.1 Å². The lowest BCUT2D eigenvalue weighted by Crippen LogP contribution is -2.37. The molecule has 1 N–H and O–H groups in total. The van der Waals surface area contributed by atoms with Gasteiger partial charge in [0.15, 0.2) is 6.29 Å². The number of allylic oxidation sites excluding steroid dienone is 1. The monoisotopic (exact) mass is 328 g/mol. The first-order valence-electron chi connectivity index (χ1n) is 8.66. The van der Waals surface area contributed by atoms with Crippen LogP contribution < -0.4 is 0 Å². The van der Waals surface area contributed by atoms with Gasteiger partial charge in [-0.3, -0.25) is 0 Å². The smallest absolute Gasteiger partial charge is 0.158 e. The molecule has 3 unspecified atom stereocenters. The Morgan fingerprint density at radius 3 is 2.91 bits per heavy atom. The summed E-state index contributed by atoms with van der Waals surface area (Å²) < 4.78 is 11.9. The number of aliphatic hydroxyl groups excluding tert-OH is 1. The van der Waals surface area contributed by atoms with Gasteiger partial charge in [-0.2, -0.15) is 0 Å². The molecule has 3 nitrogen and oxygen atoms in total. The number of unbranched alkanes of at least 4 members (excludes halogenated alkanes) is 3. The number of hydrogen-bond acceptors (Lipinski definition) is 3. The van der Waals surface area contributed by atoms with Crippen LogP contribution in [0, 0.1) is 0 Å². The van der Waals surface area contributed by atoms with Gasteiger partial charge in [0.25, 0.3) is 0 Å². The predicted molar refractivity (Wildman–Crippen MR) is 89.9 cm³/mol. The molecular formula is C18H29ClO3. The fraction of sp³-hybridized carbons (Fsp3) is 0.778. The molecule has 3 atom stereocenters. The van der Waals surface area contributed by atoms with E-state index < -0.39 is 11.7 Å². The van der Waals surface area contributed by atoms with Gasteiger partial charge in [-0.25, -0.2) is 0 Å². The molecule has 0 aromatic heterocycles. The average Bonchev–Trinajstić information content (AvgIpc) is 2.78. The molecule has 0 aromatic rings. The Kier molecular flexibility index (Phi) is 7.42. The SMILES string of the molecule is CCCCC/C=C\CC1(OC2CCCCO2)C=C(Cl)C(O)C1. The fourth-order valence-electron chi connectivity index (χ4n) is 3.08. The van der Waals surface area contributed by atoms with Crippen LogP contribution in [-0.2, 0) is 9.47 Å². The summed E-state index contributed by atoms with van der Waals surface area (Å²) in [6.07, 6.45) is 14.7. The van der Waals surface area contributed by atoms with E-state index in [1.54, 1.807) is 0 Å². The zero-order valence-electron chi connectivity index (χ0n) is 13.6. The lowest BCUT2D eigenvalue weighted by atomic mass is 9.97. The first-order valence-corrected chi connectivity index (χ1v) is 9.04. The van der Waals surface area contributed by atoms with Crippen LogP contribution in [0.5, 0.6) is 0 Å². The van der Waals surface area contributed by atoms with Crippen LogP contribution in [0.3, 0.4) is 0 Å². The molecule has 126 valence electrons. The van der Waals surface area contributed by atoms with Gasteiger partial charge in [-0.05, 0) is 44.6 Å². The quantitative estimate of drug-likeness (QED) is 0.519. The number of halogens is 1.